The maximum Gasteiger partial charge on any atom is 0.329 e. The van der Waals surface area contributed by atoms with Gasteiger partial charge in [-0.1, -0.05) is 15.9 Å². The van der Waals surface area contributed by atoms with E-state index < -0.39 is 16.4 Å². The largest absolute Gasteiger partial charge is 0.332 e. The van der Waals surface area contributed by atoms with E-state index in [1.807, 2.05) is 0 Å². The summed E-state index contributed by atoms with van der Waals surface area (Å²) in [7, 11) is 0. The number of aromatic nitrogens is 2. The minimum atomic E-state index is -0.686. The molecule has 2 aromatic rings. The number of rotatable bonds is 3. The third kappa shape index (κ3) is 3.15. The number of nitrogens with one attached hydrogen (secondary N) is 1. The zero-order chi connectivity index (χ0) is 14.0. The van der Waals surface area contributed by atoms with Crippen molar-refractivity contribution >= 4 is 44.7 Å². The fourth-order valence-corrected chi connectivity index (χ4v) is 1.79. The highest BCUT2D eigenvalue weighted by Gasteiger charge is 2.18. The van der Waals surface area contributed by atoms with Gasteiger partial charge in [0.05, 0.1) is 10.6 Å². The summed E-state index contributed by atoms with van der Waals surface area (Å²) in [6.07, 6.45) is 0.952. The van der Waals surface area contributed by atoms with Crippen LogP contribution in [-0.4, -0.2) is 14.9 Å². The molecule has 6 nitrogen and oxygen atoms in total. The molecule has 98 valence electrons. The summed E-state index contributed by atoms with van der Waals surface area (Å²) < 4.78 is 14.2. The highest BCUT2D eigenvalue weighted by atomic mass is 79.9. The Hall–Kier alpha value is -1.80. The second kappa shape index (κ2) is 5.45. The van der Waals surface area contributed by atoms with Gasteiger partial charge in [-0.15, -0.1) is 0 Å². The first-order valence-corrected chi connectivity index (χ1v) is 6.03. The zero-order valence-electron chi connectivity index (χ0n) is 9.10. The fourth-order valence-electron chi connectivity index (χ4n) is 1.30. The molecule has 2 rings (SSSR count). The van der Waals surface area contributed by atoms with Crippen molar-refractivity contribution in [1.82, 2.24) is 9.97 Å². The molecule has 0 spiro atoms. The van der Waals surface area contributed by atoms with E-state index >= 15 is 0 Å². The number of hydrogen-bond donors (Lipinski definition) is 1. The quantitative estimate of drug-likeness (QED) is 0.520. The standard InChI is InChI=1S/C10H5BrClFN4O2/c11-5-1-2-6(13)7(3-5)15-9-8(17(18)19)4-14-10(12)16-9/h1-4H,(H,14,15,16). The van der Waals surface area contributed by atoms with E-state index in [1.165, 1.54) is 18.2 Å². The first-order valence-electron chi connectivity index (χ1n) is 4.86. The van der Waals surface area contributed by atoms with Crippen LogP contribution in [0.25, 0.3) is 0 Å². The molecule has 0 aliphatic heterocycles. The van der Waals surface area contributed by atoms with Crippen molar-refractivity contribution in [2.24, 2.45) is 0 Å². The van der Waals surface area contributed by atoms with Crippen molar-refractivity contribution in [2.45, 2.75) is 0 Å². The van der Waals surface area contributed by atoms with Crippen molar-refractivity contribution in [1.29, 1.82) is 0 Å². The molecule has 0 aliphatic carbocycles. The van der Waals surface area contributed by atoms with Gasteiger partial charge in [0.2, 0.25) is 11.1 Å². The minimum Gasteiger partial charge on any atom is -0.332 e. The van der Waals surface area contributed by atoms with Gasteiger partial charge in [-0.25, -0.2) is 9.37 Å². The molecular formula is C10H5BrClFN4O2. The van der Waals surface area contributed by atoms with Crippen molar-refractivity contribution in [3.8, 4) is 0 Å². The molecular weight excluding hydrogens is 342 g/mol. The number of nitrogens with zero attached hydrogens (tertiary/aromatic N) is 3. The number of benzene rings is 1. The van der Waals surface area contributed by atoms with Crippen molar-refractivity contribution < 1.29 is 9.31 Å². The van der Waals surface area contributed by atoms with Gasteiger partial charge < -0.3 is 5.32 Å². The van der Waals surface area contributed by atoms with Gasteiger partial charge in [0, 0.05) is 4.47 Å². The van der Waals surface area contributed by atoms with Crippen LogP contribution in [0, 0.1) is 15.9 Å². The summed E-state index contributed by atoms with van der Waals surface area (Å²) in [5.41, 5.74) is -0.365. The molecule has 0 aliphatic rings. The number of anilines is 2. The summed E-state index contributed by atoms with van der Waals surface area (Å²) >= 11 is 8.74. The molecule has 1 heterocycles. The van der Waals surface area contributed by atoms with Crippen molar-refractivity contribution in [3.63, 3.8) is 0 Å². The maximum atomic E-state index is 13.6. The molecule has 0 saturated heterocycles. The molecule has 0 saturated carbocycles. The summed E-state index contributed by atoms with van der Waals surface area (Å²) in [4.78, 5) is 17.3. The SMILES string of the molecule is O=[N+]([O-])c1cnc(Cl)nc1Nc1cc(Br)ccc1F. The van der Waals surface area contributed by atoms with E-state index in [2.05, 4.69) is 31.2 Å². The lowest BCUT2D eigenvalue weighted by atomic mass is 10.3. The van der Waals surface area contributed by atoms with Crippen LogP contribution in [0.1, 0.15) is 0 Å². The van der Waals surface area contributed by atoms with E-state index in [4.69, 9.17) is 11.6 Å². The molecule has 19 heavy (non-hydrogen) atoms. The van der Waals surface area contributed by atoms with Crippen LogP contribution in [-0.2, 0) is 0 Å². The number of halogens is 3. The van der Waals surface area contributed by atoms with Gasteiger partial charge in [0.25, 0.3) is 0 Å². The van der Waals surface area contributed by atoms with Crippen LogP contribution in [0.4, 0.5) is 21.6 Å². The lowest BCUT2D eigenvalue weighted by Gasteiger charge is -2.07. The zero-order valence-corrected chi connectivity index (χ0v) is 11.4. The minimum absolute atomic E-state index is 0.0345. The molecule has 0 radical (unpaired) electrons. The van der Waals surface area contributed by atoms with Gasteiger partial charge in [-0.2, -0.15) is 4.98 Å². The van der Waals surface area contributed by atoms with Crippen LogP contribution in [0.3, 0.4) is 0 Å². The van der Waals surface area contributed by atoms with Crippen LogP contribution in [0.5, 0.6) is 0 Å². The molecule has 1 aromatic heterocycles. The molecule has 1 aromatic carbocycles. The molecule has 0 amide bonds. The summed E-state index contributed by atoms with van der Waals surface area (Å²) in [6, 6.07) is 4.14. The topological polar surface area (TPSA) is 81.0 Å². The van der Waals surface area contributed by atoms with Gasteiger partial charge >= 0.3 is 5.69 Å². The Bertz CT molecular complexity index is 655. The van der Waals surface area contributed by atoms with E-state index in [9.17, 15) is 14.5 Å². The van der Waals surface area contributed by atoms with Crippen molar-refractivity contribution in [2.75, 3.05) is 5.32 Å². The Labute approximate surface area is 119 Å². The monoisotopic (exact) mass is 346 g/mol. The predicted octanol–water partition coefficient (Wildman–Crippen LogP) is 3.68. The van der Waals surface area contributed by atoms with Gasteiger partial charge in [-0.05, 0) is 29.8 Å². The Kier molecular flexibility index (Phi) is 3.91. The van der Waals surface area contributed by atoms with Crippen molar-refractivity contribution in [3.05, 3.63) is 50.1 Å². The van der Waals surface area contributed by atoms with E-state index in [-0.39, 0.29) is 16.8 Å². The Balaban J connectivity index is 2.45. The average molecular weight is 348 g/mol. The first-order chi connectivity index (χ1) is 8.97. The summed E-state index contributed by atoms with van der Waals surface area (Å²) in [6.45, 7) is 0. The van der Waals surface area contributed by atoms with E-state index in [0.717, 1.165) is 6.20 Å². The molecule has 0 atom stereocenters. The Morgan fingerprint density at radius 1 is 1.47 bits per heavy atom. The normalized spacial score (nSPS) is 10.3. The van der Waals surface area contributed by atoms with Gasteiger partial charge in [0.1, 0.15) is 12.0 Å². The number of nitro groups is 1. The molecule has 0 unspecified atom stereocenters. The van der Waals surface area contributed by atoms with E-state index in [0.29, 0.717) is 4.47 Å². The van der Waals surface area contributed by atoms with Crippen LogP contribution >= 0.6 is 27.5 Å². The highest BCUT2D eigenvalue weighted by Crippen LogP contribution is 2.28. The summed E-state index contributed by atoms with van der Waals surface area (Å²) in [5, 5.41) is 13.2. The van der Waals surface area contributed by atoms with Crippen LogP contribution in [0.15, 0.2) is 28.9 Å². The van der Waals surface area contributed by atoms with Gasteiger partial charge in [-0.3, -0.25) is 10.1 Å². The molecule has 0 fully saturated rings. The molecule has 1 N–H and O–H groups in total. The highest BCUT2D eigenvalue weighted by molar-refractivity contribution is 9.10. The lowest BCUT2D eigenvalue weighted by Crippen LogP contribution is -2.02. The van der Waals surface area contributed by atoms with E-state index in [1.54, 1.807) is 0 Å². The third-order valence-corrected chi connectivity index (χ3v) is 2.79. The Morgan fingerprint density at radius 3 is 2.89 bits per heavy atom. The van der Waals surface area contributed by atoms with Gasteiger partial charge in [0.15, 0.2) is 0 Å². The first kappa shape index (κ1) is 13.6. The number of hydrogen-bond acceptors (Lipinski definition) is 5. The smallest absolute Gasteiger partial charge is 0.329 e. The van der Waals surface area contributed by atoms with Crippen LogP contribution in [0.2, 0.25) is 5.28 Å². The second-order valence-corrected chi connectivity index (χ2v) is 4.63. The third-order valence-electron chi connectivity index (χ3n) is 2.12. The Morgan fingerprint density at radius 2 is 2.21 bits per heavy atom. The predicted molar refractivity (Wildman–Crippen MR) is 71.1 cm³/mol. The lowest BCUT2D eigenvalue weighted by molar-refractivity contribution is -0.384. The maximum absolute atomic E-state index is 13.6. The molecule has 0 bridgehead atoms. The summed E-state index contributed by atoms with van der Waals surface area (Å²) in [5.74, 6) is -0.755. The fraction of sp³-hybridized carbons (Fsp3) is 0. The second-order valence-electron chi connectivity index (χ2n) is 3.38. The average Bonchev–Trinajstić information content (AvgIpc) is 2.33. The molecule has 9 heteroatoms. The van der Waals surface area contributed by atoms with Crippen LogP contribution < -0.4 is 5.32 Å².